The maximum Gasteiger partial charge on any atom is 0.0410 e. The van der Waals surface area contributed by atoms with Crippen LogP contribution in [-0.4, -0.2) is 12.3 Å². The Morgan fingerprint density at radius 1 is 1.10 bits per heavy atom. The Bertz CT molecular complexity index is 441. The van der Waals surface area contributed by atoms with Crippen LogP contribution in [0.4, 0.5) is 0 Å². The molecule has 2 aliphatic rings. The minimum Gasteiger partial charge on any atom is -0.310 e. The van der Waals surface area contributed by atoms with E-state index in [1.807, 2.05) is 17.8 Å². The number of fused-ring (bicyclic) bond motifs is 1. The highest BCUT2D eigenvalue weighted by molar-refractivity contribution is 7.99. The van der Waals surface area contributed by atoms with Gasteiger partial charge in [0, 0.05) is 16.0 Å². The summed E-state index contributed by atoms with van der Waals surface area (Å²) in [6.45, 7) is 1.18. The van der Waals surface area contributed by atoms with E-state index < -0.39 is 0 Å². The van der Waals surface area contributed by atoms with Crippen LogP contribution in [0, 0.1) is 5.92 Å². The van der Waals surface area contributed by atoms with E-state index >= 15 is 0 Å². The van der Waals surface area contributed by atoms with Crippen LogP contribution in [0.3, 0.4) is 0 Å². The Hall–Kier alpha value is -0.180. The van der Waals surface area contributed by atoms with E-state index in [0.717, 1.165) is 10.9 Å². The molecule has 0 amide bonds. The van der Waals surface area contributed by atoms with E-state index in [1.54, 1.807) is 0 Å². The molecule has 110 valence electrons. The third-order valence-corrected chi connectivity index (χ3v) is 6.00. The number of hydrogen-bond donors (Lipinski definition) is 1. The predicted molar refractivity (Wildman–Crippen MR) is 88.7 cm³/mol. The zero-order valence-corrected chi connectivity index (χ0v) is 13.6. The topological polar surface area (TPSA) is 12.0 Å². The van der Waals surface area contributed by atoms with Gasteiger partial charge in [-0.2, -0.15) is 0 Å². The zero-order chi connectivity index (χ0) is 13.8. The quantitative estimate of drug-likeness (QED) is 0.746. The average Bonchev–Trinajstić information content (AvgIpc) is 2.74. The summed E-state index contributed by atoms with van der Waals surface area (Å²) >= 11 is 8.14. The molecule has 1 unspecified atom stereocenters. The minimum absolute atomic E-state index is 0.508. The smallest absolute Gasteiger partial charge is 0.0410 e. The van der Waals surface area contributed by atoms with Crippen molar-refractivity contribution in [3.05, 3.63) is 28.8 Å². The summed E-state index contributed by atoms with van der Waals surface area (Å²) in [4.78, 5) is 1.42. The van der Waals surface area contributed by atoms with E-state index in [2.05, 4.69) is 17.4 Å². The van der Waals surface area contributed by atoms with Crippen molar-refractivity contribution in [2.24, 2.45) is 5.92 Å². The fraction of sp³-hybridized carbons (Fsp3) is 0.647. The van der Waals surface area contributed by atoms with Crippen LogP contribution in [0.2, 0.25) is 5.02 Å². The lowest BCUT2D eigenvalue weighted by molar-refractivity contribution is 0.387. The summed E-state index contributed by atoms with van der Waals surface area (Å²) in [6.07, 6.45) is 9.78. The van der Waals surface area contributed by atoms with Crippen LogP contribution in [0.15, 0.2) is 23.1 Å². The molecule has 1 aromatic rings. The first-order valence-electron chi connectivity index (χ1n) is 7.98. The van der Waals surface area contributed by atoms with E-state index in [-0.39, 0.29) is 0 Å². The van der Waals surface area contributed by atoms with Gasteiger partial charge in [-0.3, -0.25) is 0 Å². The number of benzene rings is 1. The maximum absolute atomic E-state index is 6.18. The van der Waals surface area contributed by atoms with Gasteiger partial charge in [0.05, 0.1) is 0 Å². The Morgan fingerprint density at radius 3 is 2.70 bits per heavy atom. The molecule has 0 aromatic heterocycles. The lowest BCUT2D eigenvalue weighted by atomic mass is 9.98. The second-order valence-electron chi connectivity index (χ2n) is 6.14. The molecular formula is C17H24ClNS. The summed E-state index contributed by atoms with van der Waals surface area (Å²) in [5, 5.41) is 4.70. The van der Waals surface area contributed by atoms with Crippen LogP contribution >= 0.6 is 23.4 Å². The number of halogens is 1. The van der Waals surface area contributed by atoms with Crippen molar-refractivity contribution in [3.63, 3.8) is 0 Å². The Balaban J connectivity index is 1.62. The second kappa shape index (κ2) is 7.20. The first-order chi connectivity index (χ1) is 9.83. The van der Waals surface area contributed by atoms with Gasteiger partial charge in [-0.05, 0) is 61.2 Å². The SMILES string of the molecule is Clc1ccc2c(c1)C(NCC1CCCCCC1)CCS2. The third kappa shape index (κ3) is 3.72. The molecule has 1 saturated carbocycles. The molecule has 1 fully saturated rings. The average molecular weight is 310 g/mol. The number of hydrogen-bond acceptors (Lipinski definition) is 2. The van der Waals surface area contributed by atoms with Gasteiger partial charge in [-0.25, -0.2) is 0 Å². The molecule has 0 saturated heterocycles. The first kappa shape index (κ1) is 14.7. The molecule has 1 N–H and O–H groups in total. The zero-order valence-electron chi connectivity index (χ0n) is 12.0. The minimum atomic E-state index is 0.508. The molecule has 1 heterocycles. The number of nitrogens with one attached hydrogen (secondary N) is 1. The predicted octanol–water partition coefficient (Wildman–Crippen LogP) is 5.44. The van der Waals surface area contributed by atoms with Crippen LogP contribution in [-0.2, 0) is 0 Å². The van der Waals surface area contributed by atoms with Gasteiger partial charge >= 0.3 is 0 Å². The molecule has 1 atom stereocenters. The molecule has 1 aromatic carbocycles. The van der Waals surface area contributed by atoms with Crippen LogP contribution < -0.4 is 5.32 Å². The Labute approximate surface area is 131 Å². The number of thioether (sulfide) groups is 1. The molecule has 1 nitrogen and oxygen atoms in total. The molecule has 0 radical (unpaired) electrons. The van der Waals surface area contributed by atoms with Crippen molar-refractivity contribution in [1.29, 1.82) is 0 Å². The van der Waals surface area contributed by atoms with Gasteiger partial charge in [0.1, 0.15) is 0 Å². The van der Waals surface area contributed by atoms with Gasteiger partial charge < -0.3 is 5.32 Å². The summed E-state index contributed by atoms with van der Waals surface area (Å²) in [7, 11) is 0. The van der Waals surface area contributed by atoms with Crippen molar-refractivity contribution >= 4 is 23.4 Å². The molecule has 20 heavy (non-hydrogen) atoms. The van der Waals surface area contributed by atoms with Crippen molar-refractivity contribution < 1.29 is 0 Å². The molecule has 3 rings (SSSR count). The van der Waals surface area contributed by atoms with E-state index in [9.17, 15) is 0 Å². The summed E-state index contributed by atoms with van der Waals surface area (Å²) in [6, 6.07) is 6.87. The van der Waals surface area contributed by atoms with Crippen molar-refractivity contribution in [1.82, 2.24) is 5.32 Å². The largest absolute Gasteiger partial charge is 0.310 e. The monoisotopic (exact) mass is 309 g/mol. The molecule has 0 bridgehead atoms. The molecule has 0 spiro atoms. The standard InChI is InChI=1S/C17H24ClNS/c18-14-7-8-17-15(11-14)16(9-10-20-17)19-12-13-5-3-1-2-4-6-13/h7-8,11,13,16,19H,1-6,9-10,12H2. The summed E-state index contributed by atoms with van der Waals surface area (Å²) in [5.41, 5.74) is 1.42. The Kier molecular flexibility index (Phi) is 5.30. The fourth-order valence-electron chi connectivity index (χ4n) is 3.45. The van der Waals surface area contributed by atoms with Gasteiger partial charge in [0.15, 0.2) is 0 Å². The lowest BCUT2D eigenvalue weighted by Crippen LogP contribution is -2.29. The Morgan fingerprint density at radius 2 is 1.90 bits per heavy atom. The number of rotatable bonds is 3. The first-order valence-corrected chi connectivity index (χ1v) is 9.35. The van der Waals surface area contributed by atoms with E-state index in [1.165, 1.54) is 67.7 Å². The molecule has 1 aliphatic carbocycles. The highest BCUT2D eigenvalue weighted by Crippen LogP contribution is 2.37. The molecular weight excluding hydrogens is 286 g/mol. The van der Waals surface area contributed by atoms with Gasteiger partial charge in [-0.15, -0.1) is 11.8 Å². The van der Waals surface area contributed by atoms with Crippen molar-refractivity contribution in [3.8, 4) is 0 Å². The van der Waals surface area contributed by atoms with Crippen LogP contribution in [0.5, 0.6) is 0 Å². The molecule has 1 aliphatic heterocycles. The van der Waals surface area contributed by atoms with Crippen molar-refractivity contribution in [2.45, 2.75) is 55.9 Å². The molecule has 3 heteroatoms. The van der Waals surface area contributed by atoms with Gasteiger partial charge in [-0.1, -0.05) is 37.3 Å². The maximum atomic E-state index is 6.18. The van der Waals surface area contributed by atoms with Crippen LogP contribution in [0.25, 0.3) is 0 Å². The summed E-state index contributed by atoms with van der Waals surface area (Å²) in [5.74, 6) is 2.10. The summed E-state index contributed by atoms with van der Waals surface area (Å²) < 4.78 is 0. The fourth-order valence-corrected chi connectivity index (χ4v) is 4.74. The van der Waals surface area contributed by atoms with Gasteiger partial charge in [0.2, 0.25) is 0 Å². The normalized spacial score (nSPS) is 24.1. The van der Waals surface area contributed by atoms with Gasteiger partial charge in [0.25, 0.3) is 0 Å². The highest BCUT2D eigenvalue weighted by Gasteiger charge is 2.22. The van der Waals surface area contributed by atoms with Crippen molar-refractivity contribution in [2.75, 3.05) is 12.3 Å². The lowest BCUT2D eigenvalue weighted by Gasteiger charge is -2.28. The highest BCUT2D eigenvalue weighted by atomic mass is 35.5. The van der Waals surface area contributed by atoms with E-state index in [4.69, 9.17) is 11.6 Å². The second-order valence-corrected chi connectivity index (χ2v) is 7.71. The van der Waals surface area contributed by atoms with E-state index in [0.29, 0.717) is 6.04 Å². The van der Waals surface area contributed by atoms with Crippen LogP contribution in [0.1, 0.15) is 56.6 Å². The third-order valence-electron chi connectivity index (χ3n) is 4.64.